The van der Waals surface area contributed by atoms with Crippen molar-refractivity contribution in [3.8, 4) is 12.3 Å². The third-order valence-electron chi connectivity index (χ3n) is 3.70. The van der Waals surface area contributed by atoms with Crippen LogP contribution in [-0.4, -0.2) is 12.6 Å². The maximum Gasteiger partial charge on any atom is 0.0686 e. The number of hydrogen-bond donors (Lipinski definition) is 1. The molecule has 0 radical (unpaired) electrons. The van der Waals surface area contributed by atoms with E-state index >= 15 is 0 Å². The predicted molar refractivity (Wildman–Crippen MR) is 87.4 cm³/mol. The molecule has 0 fully saturated rings. The van der Waals surface area contributed by atoms with Crippen molar-refractivity contribution in [2.24, 2.45) is 0 Å². The summed E-state index contributed by atoms with van der Waals surface area (Å²) >= 11 is 0. The molecule has 19 heavy (non-hydrogen) atoms. The maximum atomic E-state index is 5.48. The lowest BCUT2D eigenvalue weighted by Gasteiger charge is -2.11. The monoisotopic (exact) mass is 265 g/mol. The molecule has 0 heterocycles. The minimum Gasteiger partial charge on any atom is -0.304 e. The van der Waals surface area contributed by atoms with Gasteiger partial charge in [-0.3, -0.25) is 0 Å². The Morgan fingerprint density at radius 1 is 0.789 bits per heavy atom. The third-order valence-corrected chi connectivity index (χ3v) is 3.70. The van der Waals surface area contributed by atoms with Crippen LogP contribution in [0.2, 0.25) is 0 Å². The van der Waals surface area contributed by atoms with Crippen LogP contribution < -0.4 is 5.32 Å². The van der Waals surface area contributed by atoms with E-state index in [2.05, 4.69) is 25.1 Å². The van der Waals surface area contributed by atoms with Gasteiger partial charge in [-0.1, -0.05) is 84.0 Å². The Labute approximate surface area is 121 Å². The summed E-state index contributed by atoms with van der Waals surface area (Å²) in [6.45, 7) is 5.55. The Kier molecular flexibility index (Phi) is 15.2. The van der Waals surface area contributed by atoms with Crippen LogP contribution in [0.25, 0.3) is 0 Å². The van der Waals surface area contributed by atoms with E-state index < -0.39 is 0 Å². The van der Waals surface area contributed by atoms with Gasteiger partial charge in [-0.15, -0.1) is 6.42 Å². The van der Waals surface area contributed by atoms with Gasteiger partial charge < -0.3 is 5.32 Å². The summed E-state index contributed by atoms with van der Waals surface area (Å²) in [5.41, 5.74) is 0. The Hall–Kier alpha value is -0.480. The molecule has 1 atom stereocenters. The van der Waals surface area contributed by atoms with Gasteiger partial charge in [-0.05, 0) is 19.4 Å². The Morgan fingerprint density at radius 3 is 1.79 bits per heavy atom. The van der Waals surface area contributed by atoms with Crippen molar-refractivity contribution < 1.29 is 0 Å². The molecule has 0 aliphatic carbocycles. The molecule has 1 nitrogen and oxygen atoms in total. The second-order valence-electron chi connectivity index (χ2n) is 5.64. The van der Waals surface area contributed by atoms with Crippen molar-refractivity contribution in [1.82, 2.24) is 5.32 Å². The highest BCUT2D eigenvalue weighted by molar-refractivity contribution is 4.98. The van der Waals surface area contributed by atoms with Crippen LogP contribution in [0.15, 0.2) is 0 Å². The molecule has 112 valence electrons. The molecular formula is C18H35N. The van der Waals surface area contributed by atoms with E-state index in [1.807, 2.05) is 0 Å². The van der Waals surface area contributed by atoms with Crippen LogP contribution >= 0.6 is 0 Å². The molecule has 0 aliphatic rings. The third kappa shape index (κ3) is 13.7. The zero-order valence-electron chi connectivity index (χ0n) is 13.3. The molecule has 1 unspecified atom stereocenters. The smallest absolute Gasteiger partial charge is 0.0686 e. The average Bonchev–Trinajstić information content (AvgIpc) is 2.43. The van der Waals surface area contributed by atoms with E-state index in [4.69, 9.17) is 6.42 Å². The van der Waals surface area contributed by atoms with Gasteiger partial charge in [0.2, 0.25) is 0 Å². The Balaban J connectivity index is 3.12. The van der Waals surface area contributed by atoms with Gasteiger partial charge in [0.15, 0.2) is 0 Å². The number of hydrogen-bond acceptors (Lipinski definition) is 1. The van der Waals surface area contributed by atoms with Gasteiger partial charge in [-0.2, -0.15) is 0 Å². The number of unbranched alkanes of at least 4 members (excludes halogenated alkanes) is 9. The van der Waals surface area contributed by atoms with Crippen molar-refractivity contribution in [1.29, 1.82) is 0 Å². The molecule has 0 aromatic heterocycles. The molecule has 0 aromatic carbocycles. The molecule has 0 saturated carbocycles. The SMILES string of the molecule is C#CC(CCC)NCCCCCCCCCCCC. The largest absolute Gasteiger partial charge is 0.304 e. The molecule has 0 amide bonds. The van der Waals surface area contributed by atoms with Crippen LogP contribution in [0.1, 0.15) is 90.9 Å². The van der Waals surface area contributed by atoms with Gasteiger partial charge in [0.25, 0.3) is 0 Å². The molecule has 0 aliphatic heterocycles. The molecule has 0 saturated heterocycles. The molecular weight excluding hydrogens is 230 g/mol. The number of rotatable bonds is 14. The first-order chi connectivity index (χ1) is 9.35. The minimum atomic E-state index is 0.295. The topological polar surface area (TPSA) is 12.0 Å². The van der Waals surface area contributed by atoms with Crippen LogP contribution in [0.5, 0.6) is 0 Å². The first-order valence-corrected chi connectivity index (χ1v) is 8.54. The summed E-state index contributed by atoms with van der Waals surface area (Å²) in [5.74, 6) is 2.83. The summed E-state index contributed by atoms with van der Waals surface area (Å²) in [5, 5.41) is 3.46. The Bertz CT molecular complexity index is 204. The summed E-state index contributed by atoms with van der Waals surface area (Å²) in [7, 11) is 0. The summed E-state index contributed by atoms with van der Waals surface area (Å²) in [6.07, 6.45) is 21.7. The summed E-state index contributed by atoms with van der Waals surface area (Å²) < 4.78 is 0. The standard InChI is InChI=1S/C18H35N/c1-4-7-8-9-10-11-12-13-14-15-17-19-18(6-3)16-5-2/h3,18-19H,4-5,7-17H2,1-2H3. The van der Waals surface area contributed by atoms with Gasteiger partial charge in [0.05, 0.1) is 6.04 Å². The fraction of sp³-hybridized carbons (Fsp3) is 0.889. The molecule has 0 bridgehead atoms. The first-order valence-electron chi connectivity index (χ1n) is 8.54. The quantitative estimate of drug-likeness (QED) is 0.332. The maximum absolute atomic E-state index is 5.48. The minimum absolute atomic E-state index is 0.295. The van der Waals surface area contributed by atoms with Crippen LogP contribution in [0.3, 0.4) is 0 Å². The zero-order chi connectivity index (χ0) is 14.2. The van der Waals surface area contributed by atoms with E-state index in [9.17, 15) is 0 Å². The van der Waals surface area contributed by atoms with Crippen LogP contribution in [0.4, 0.5) is 0 Å². The van der Waals surface area contributed by atoms with Crippen molar-refractivity contribution >= 4 is 0 Å². The second kappa shape index (κ2) is 15.6. The lowest BCUT2D eigenvalue weighted by molar-refractivity contribution is 0.516. The molecule has 0 rings (SSSR count). The van der Waals surface area contributed by atoms with Crippen molar-refractivity contribution in [2.45, 2.75) is 96.9 Å². The van der Waals surface area contributed by atoms with Crippen molar-refractivity contribution in [3.63, 3.8) is 0 Å². The predicted octanol–water partition coefficient (Wildman–Crippen LogP) is 5.30. The average molecular weight is 265 g/mol. The van der Waals surface area contributed by atoms with Gasteiger partial charge in [0, 0.05) is 0 Å². The highest BCUT2D eigenvalue weighted by atomic mass is 14.9. The fourth-order valence-electron chi connectivity index (χ4n) is 2.42. The van der Waals surface area contributed by atoms with E-state index in [0.29, 0.717) is 6.04 Å². The van der Waals surface area contributed by atoms with E-state index in [1.54, 1.807) is 0 Å². The highest BCUT2D eigenvalue weighted by Crippen LogP contribution is 2.10. The fourth-order valence-corrected chi connectivity index (χ4v) is 2.42. The molecule has 1 N–H and O–H groups in total. The van der Waals surface area contributed by atoms with Crippen molar-refractivity contribution in [3.05, 3.63) is 0 Å². The molecule has 0 spiro atoms. The lowest BCUT2D eigenvalue weighted by atomic mass is 10.1. The van der Waals surface area contributed by atoms with Gasteiger partial charge in [-0.25, -0.2) is 0 Å². The van der Waals surface area contributed by atoms with E-state index in [0.717, 1.165) is 13.0 Å². The summed E-state index contributed by atoms with van der Waals surface area (Å²) in [6, 6.07) is 0.295. The van der Waals surface area contributed by atoms with Crippen molar-refractivity contribution in [2.75, 3.05) is 6.54 Å². The van der Waals surface area contributed by atoms with Crippen LogP contribution in [0, 0.1) is 12.3 Å². The number of nitrogens with one attached hydrogen (secondary N) is 1. The normalized spacial score (nSPS) is 12.3. The van der Waals surface area contributed by atoms with Gasteiger partial charge >= 0.3 is 0 Å². The molecule has 1 heteroatoms. The van der Waals surface area contributed by atoms with Gasteiger partial charge in [0.1, 0.15) is 0 Å². The lowest BCUT2D eigenvalue weighted by Crippen LogP contribution is -2.28. The Morgan fingerprint density at radius 2 is 1.32 bits per heavy atom. The number of terminal acetylenes is 1. The summed E-state index contributed by atoms with van der Waals surface area (Å²) in [4.78, 5) is 0. The van der Waals surface area contributed by atoms with Crippen LogP contribution in [-0.2, 0) is 0 Å². The first kappa shape index (κ1) is 18.5. The van der Waals surface area contributed by atoms with E-state index in [1.165, 1.54) is 70.6 Å². The van der Waals surface area contributed by atoms with E-state index in [-0.39, 0.29) is 0 Å². The second-order valence-corrected chi connectivity index (χ2v) is 5.64. The highest BCUT2D eigenvalue weighted by Gasteiger charge is 2.00. The zero-order valence-corrected chi connectivity index (χ0v) is 13.3. The molecule has 0 aromatic rings.